The lowest BCUT2D eigenvalue weighted by atomic mass is 10.2. The second kappa shape index (κ2) is 6.63. The summed E-state index contributed by atoms with van der Waals surface area (Å²) in [5.41, 5.74) is 1.12. The first-order valence-corrected chi connectivity index (χ1v) is 6.95. The van der Waals surface area contributed by atoms with Gasteiger partial charge >= 0.3 is 0 Å². The summed E-state index contributed by atoms with van der Waals surface area (Å²) in [7, 11) is 0. The minimum absolute atomic E-state index is 0.0879. The van der Waals surface area contributed by atoms with E-state index < -0.39 is 17.5 Å². The van der Waals surface area contributed by atoms with E-state index >= 15 is 0 Å². The summed E-state index contributed by atoms with van der Waals surface area (Å²) in [4.78, 5) is 11.7. The maximum Gasteiger partial charge on any atom is 0.248 e. The molecular weight excluding hydrogens is 340 g/mol. The van der Waals surface area contributed by atoms with Gasteiger partial charge < -0.3 is 5.32 Å². The Labute approximate surface area is 129 Å². The lowest BCUT2D eigenvalue weighted by Crippen LogP contribution is -2.09. The molecule has 0 radical (unpaired) electrons. The van der Waals surface area contributed by atoms with Crippen LogP contribution >= 0.6 is 15.9 Å². The van der Waals surface area contributed by atoms with Crippen LogP contribution in [0, 0.1) is 18.6 Å². The number of aryl methyl sites for hydroxylation is 1. The van der Waals surface area contributed by atoms with E-state index in [1.54, 1.807) is 25.1 Å². The van der Waals surface area contributed by atoms with Crippen LogP contribution < -0.4 is 5.32 Å². The predicted octanol–water partition coefficient (Wildman–Crippen LogP) is 4.69. The van der Waals surface area contributed by atoms with E-state index in [1.807, 2.05) is 0 Å². The molecule has 0 aliphatic rings. The Balaban J connectivity index is 2.11. The van der Waals surface area contributed by atoms with Crippen LogP contribution in [-0.2, 0) is 4.79 Å². The molecule has 0 spiro atoms. The highest BCUT2D eigenvalue weighted by molar-refractivity contribution is 9.10. The Bertz CT molecular complexity index is 713. The van der Waals surface area contributed by atoms with Gasteiger partial charge in [0.15, 0.2) is 0 Å². The summed E-state index contributed by atoms with van der Waals surface area (Å²) in [5.74, 6) is -1.48. The van der Waals surface area contributed by atoms with Crippen molar-refractivity contribution < 1.29 is 13.6 Å². The first kappa shape index (κ1) is 15.4. The Hall–Kier alpha value is -2.01. The molecule has 0 fully saturated rings. The highest BCUT2D eigenvalue weighted by Gasteiger charge is 2.05. The summed E-state index contributed by atoms with van der Waals surface area (Å²) < 4.78 is 27.8. The van der Waals surface area contributed by atoms with Gasteiger partial charge in [0.05, 0.1) is 5.69 Å². The van der Waals surface area contributed by atoms with E-state index in [0.717, 1.165) is 11.6 Å². The van der Waals surface area contributed by atoms with E-state index in [2.05, 4.69) is 21.2 Å². The van der Waals surface area contributed by atoms with Crippen molar-refractivity contribution in [2.24, 2.45) is 0 Å². The molecule has 0 aliphatic heterocycles. The number of hydrogen-bond acceptors (Lipinski definition) is 1. The van der Waals surface area contributed by atoms with Crippen molar-refractivity contribution in [2.45, 2.75) is 6.92 Å². The van der Waals surface area contributed by atoms with Crippen LogP contribution in [0.4, 0.5) is 14.5 Å². The number of anilines is 1. The Morgan fingerprint density at radius 1 is 1.14 bits per heavy atom. The number of nitrogens with one attached hydrogen (secondary N) is 1. The molecule has 1 amide bonds. The maximum atomic E-state index is 13.6. The Kier molecular flexibility index (Phi) is 4.85. The molecular formula is C16H12BrF2NO. The second-order valence-electron chi connectivity index (χ2n) is 4.47. The summed E-state index contributed by atoms with van der Waals surface area (Å²) in [6, 6.07) is 8.90. The van der Waals surface area contributed by atoms with Crippen LogP contribution in [0.5, 0.6) is 0 Å². The fourth-order valence-corrected chi connectivity index (χ4v) is 2.08. The summed E-state index contributed by atoms with van der Waals surface area (Å²) in [6.07, 6.45) is 2.49. The SMILES string of the molecule is Cc1ccc(NC(=O)/C=C/c2cc(Br)ccc2F)c(F)c1. The van der Waals surface area contributed by atoms with Crippen molar-refractivity contribution in [3.8, 4) is 0 Å². The van der Waals surface area contributed by atoms with Crippen molar-refractivity contribution in [2.75, 3.05) is 5.32 Å². The average Bonchev–Trinajstić information content (AvgIpc) is 2.43. The van der Waals surface area contributed by atoms with Gasteiger partial charge in [-0.2, -0.15) is 0 Å². The fraction of sp³-hybridized carbons (Fsp3) is 0.0625. The number of benzene rings is 2. The van der Waals surface area contributed by atoms with Gasteiger partial charge in [0.25, 0.3) is 0 Å². The van der Waals surface area contributed by atoms with Gasteiger partial charge in [-0.15, -0.1) is 0 Å². The molecule has 0 saturated heterocycles. The predicted molar refractivity (Wildman–Crippen MR) is 82.9 cm³/mol. The summed E-state index contributed by atoms with van der Waals surface area (Å²) in [5, 5.41) is 2.41. The monoisotopic (exact) mass is 351 g/mol. The van der Waals surface area contributed by atoms with Gasteiger partial charge in [-0.1, -0.05) is 22.0 Å². The van der Waals surface area contributed by atoms with E-state index in [9.17, 15) is 13.6 Å². The zero-order valence-electron chi connectivity index (χ0n) is 11.2. The Morgan fingerprint density at radius 2 is 1.90 bits per heavy atom. The van der Waals surface area contributed by atoms with Crippen LogP contribution in [-0.4, -0.2) is 5.91 Å². The molecule has 0 saturated carbocycles. The Morgan fingerprint density at radius 3 is 2.62 bits per heavy atom. The zero-order chi connectivity index (χ0) is 15.4. The molecule has 2 aromatic rings. The molecule has 5 heteroatoms. The van der Waals surface area contributed by atoms with Crippen LogP contribution in [0.1, 0.15) is 11.1 Å². The van der Waals surface area contributed by atoms with Crippen molar-refractivity contribution in [3.05, 3.63) is 69.7 Å². The molecule has 0 unspecified atom stereocenters. The number of rotatable bonds is 3. The molecule has 0 heterocycles. The van der Waals surface area contributed by atoms with Crippen molar-refractivity contribution in [3.63, 3.8) is 0 Å². The normalized spacial score (nSPS) is 10.9. The molecule has 2 rings (SSSR count). The van der Waals surface area contributed by atoms with Crippen LogP contribution in [0.15, 0.2) is 46.9 Å². The molecule has 2 nitrogen and oxygen atoms in total. The maximum absolute atomic E-state index is 13.6. The molecule has 0 bridgehead atoms. The van der Waals surface area contributed by atoms with Crippen molar-refractivity contribution >= 4 is 33.6 Å². The largest absolute Gasteiger partial charge is 0.320 e. The van der Waals surface area contributed by atoms with E-state index in [1.165, 1.54) is 24.3 Å². The van der Waals surface area contributed by atoms with Crippen LogP contribution in [0.3, 0.4) is 0 Å². The molecule has 2 aromatic carbocycles. The van der Waals surface area contributed by atoms with Gasteiger partial charge in [-0.25, -0.2) is 8.78 Å². The smallest absolute Gasteiger partial charge is 0.248 e. The molecule has 108 valence electrons. The minimum atomic E-state index is -0.530. The average molecular weight is 352 g/mol. The fourth-order valence-electron chi connectivity index (χ4n) is 1.70. The molecule has 0 atom stereocenters. The lowest BCUT2D eigenvalue weighted by molar-refractivity contribution is -0.111. The topological polar surface area (TPSA) is 29.1 Å². The quantitative estimate of drug-likeness (QED) is 0.798. The van der Waals surface area contributed by atoms with E-state index in [-0.39, 0.29) is 11.3 Å². The lowest BCUT2D eigenvalue weighted by Gasteiger charge is -2.04. The second-order valence-corrected chi connectivity index (χ2v) is 5.39. The molecule has 0 aromatic heterocycles. The summed E-state index contributed by atoms with van der Waals surface area (Å²) in [6.45, 7) is 1.75. The third kappa shape index (κ3) is 4.23. The number of carbonyl (C=O) groups excluding carboxylic acids is 1. The van der Waals surface area contributed by atoms with Gasteiger partial charge in [-0.05, 0) is 48.9 Å². The van der Waals surface area contributed by atoms with Crippen molar-refractivity contribution in [1.82, 2.24) is 0 Å². The number of amides is 1. The zero-order valence-corrected chi connectivity index (χ0v) is 12.7. The first-order valence-electron chi connectivity index (χ1n) is 6.16. The van der Waals surface area contributed by atoms with Gasteiger partial charge in [-0.3, -0.25) is 4.79 Å². The molecule has 0 aliphatic carbocycles. The van der Waals surface area contributed by atoms with Gasteiger partial charge in [0, 0.05) is 16.1 Å². The number of halogens is 3. The van der Waals surface area contributed by atoms with E-state index in [4.69, 9.17) is 0 Å². The standard InChI is InChI=1S/C16H12BrF2NO/c1-10-2-6-15(14(19)8-10)20-16(21)7-3-11-9-12(17)4-5-13(11)18/h2-9H,1H3,(H,20,21)/b7-3+. The molecule has 21 heavy (non-hydrogen) atoms. The highest BCUT2D eigenvalue weighted by atomic mass is 79.9. The van der Waals surface area contributed by atoms with Crippen molar-refractivity contribution in [1.29, 1.82) is 0 Å². The van der Waals surface area contributed by atoms with Crippen LogP contribution in [0.2, 0.25) is 0 Å². The van der Waals surface area contributed by atoms with Gasteiger partial charge in [0.1, 0.15) is 11.6 Å². The highest BCUT2D eigenvalue weighted by Crippen LogP contribution is 2.18. The number of hydrogen-bond donors (Lipinski definition) is 1. The third-order valence-electron chi connectivity index (χ3n) is 2.75. The summed E-state index contributed by atoms with van der Waals surface area (Å²) >= 11 is 3.22. The van der Waals surface area contributed by atoms with Crippen LogP contribution in [0.25, 0.3) is 6.08 Å². The third-order valence-corrected chi connectivity index (χ3v) is 3.25. The molecule has 1 N–H and O–H groups in total. The number of carbonyl (C=O) groups is 1. The van der Waals surface area contributed by atoms with E-state index in [0.29, 0.717) is 4.47 Å². The first-order chi connectivity index (χ1) is 9.95. The van der Waals surface area contributed by atoms with Gasteiger partial charge in [0.2, 0.25) is 5.91 Å². The minimum Gasteiger partial charge on any atom is -0.320 e.